The molecule has 2 rings (SSSR count). The largest absolute Gasteiger partial charge is 0.355 e. The first kappa shape index (κ1) is 16.6. The smallest absolute Gasteiger partial charge is 0.230 e. The van der Waals surface area contributed by atoms with E-state index in [1.165, 1.54) is 16.7 Å². The quantitative estimate of drug-likeness (QED) is 0.832. The minimum atomic E-state index is 0.112. The number of amides is 1. The summed E-state index contributed by atoms with van der Waals surface area (Å²) in [5.41, 5.74) is 3.84. The molecule has 22 heavy (non-hydrogen) atoms. The fraction of sp³-hybridized carbons (Fsp3) is 0.316. The zero-order chi connectivity index (χ0) is 15.8. The number of carbonyl (C=O) groups is 1. The molecule has 0 bridgehead atoms. The number of hydrogen-bond donors (Lipinski definition) is 1. The standard InChI is InChI=1S/C19H23NOS/c1-15-8-6-7-9-17(15)12-13-20-19(21)14-22-16(2)18-10-4-3-5-11-18/h3-11,16H,12-14H2,1-2H3,(H,20,21). The molecule has 116 valence electrons. The Balaban J connectivity index is 1.69. The number of benzene rings is 2. The van der Waals surface area contributed by atoms with Crippen molar-refractivity contribution in [2.45, 2.75) is 25.5 Å². The van der Waals surface area contributed by atoms with Gasteiger partial charge in [-0.05, 0) is 37.0 Å². The fourth-order valence-corrected chi connectivity index (χ4v) is 3.15. The molecule has 0 saturated heterocycles. The normalized spacial score (nSPS) is 11.9. The summed E-state index contributed by atoms with van der Waals surface area (Å²) in [4.78, 5) is 11.9. The Bertz CT molecular complexity index is 597. The van der Waals surface area contributed by atoms with Gasteiger partial charge in [0.25, 0.3) is 0 Å². The molecule has 1 atom stereocenters. The summed E-state index contributed by atoms with van der Waals surface area (Å²) in [6.45, 7) is 4.94. The Hall–Kier alpha value is -1.74. The molecule has 0 aromatic heterocycles. The van der Waals surface area contributed by atoms with Crippen LogP contribution >= 0.6 is 11.8 Å². The van der Waals surface area contributed by atoms with Crippen molar-refractivity contribution in [2.24, 2.45) is 0 Å². The van der Waals surface area contributed by atoms with E-state index in [0.717, 1.165) is 6.42 Å². The Morgan fingerprint density at radius 3 is 2.50 bits per heavy atom. The van der Waals surface area contributed by atoms with Crippen molar-refractivity contribution in [3.8, 4) is 0 Å². The van der Waals surface area contributed by atoms with Gasteiger partial charge in [0.15, 0.2) is 0 Å². The van der Waals surface area contributed by atoms with Crippen molar-refractivity contribution in [1.29, 1.82) is 0 Å². The monoisotopic (exact) mass is 313 g/mol. The topological polar surface area (TPSA) is 29.1 Å². The summed E-state index contributed by atoms with van der Waals surface area (Å²) >= 11 is 1.67. The highest BCUT2D eigenvalue weighted by atomic mass is 32.2. The lowest BCUT2D eigenvalue weighted by Gasteiger charge is -2.12. The van der Waals surface area contributed by atoms with Crippen molar-refractivity contribution in [3.63, 3.8) is 0 Å². The van der Waals surface area contributed by atoms with Crippen LogP contribution in [-0.2, 0) is 11.2 Å². The van der Waals surface area contributed by atoms with Crippen molar-refractivity contribution >= 4 is 17.7 Å². The van der Waals surface area contributed by atoms with Crippen LogP contribution in [0, 0.1) is 6.92 Å². The molecule has 0 aliphatic rings. The molecule has 0 fully saturated rings. The summed E-state index contributed by atoms with van der Waals surface area (Å²) in [5.74, 6) is 0.616. The maximum absolute atomic E-state index is 11.9. The molecule has 0 aliphatic carbocycles. The second-order valence-electron chi connectivity index (χ2n) is 5.39. The van der Waals surface area contributed by atoms with Crippen LogP contribution in [0.25, 0.3) is 0 Å². The maximum Gasteiger partial charge on any atom is 0.230 e. The Kier molecular flexibility index (Phi) is 6.53. The van der Waals surface area contributed by atoms with Gasteiger partial charge in [-0.15, -0.1) is 11.8 Å². The molecule has 0 saturated carbocycles. The number of thioether (sulfide) groups is 1. The number of nitrogens with one attached hydrogen (secondary N) is 1. The van der Waals surface area contributed by atoms with Crippen molar-refractivity contribution in [2.75, 3.05) is 12.3 Å². The second-order valence-corrected chi connectivity index (χ2v) is 6.72. The van der Waals surface area contributed by atoms with Gasteiger partial charge in [0.1, 0.15) is 0 Å². The fourth-order valence-electron chi connectivity index (χ4n) is 2.30. The Labute approximate surface area is 137 Å². The molecule has 0 heterocycles. The zero-order valence-electron chi connectivity index (χ0n) is 13.2. The van der Waals surface area contributed by atoms with Gasteiger partial charge in [-0.2, -0.15) is 0 Å². The molecule has 1 N–H and O–H groups in total. The number of carbonyl (C=O) groups excluding carboxylic acids is 1. The van der Waals surface area contributed by atoms with E-state index in [0.29, 0.717) is 17.5 Å². The van der Waals surface area contributed by atoms with Crippen molar-refractivity contribution < 1.29 is 4.79 Å². The van der Waals surface area contributed by atoms with Gasteiger partial charge in [0, 0.05) is 11.8 Å². The molecule has 2 aromatic carbocycles. The summed E-state index contributed by atoms with van der Waals surface area (Å²) < 4.78 is 0. The molecular weight excluding hydrogens is 290 g/mol. The summed E-state index contributed by atoms with van der Waals surface area (Å²) in [6.07, 6.45) is 0.886. The molecule has 3 heteroatoms. The number of rotatable bonds is 7. The lowest BCUT2D eigenvalue weighted by Crippen LogP contribution is -2.27. The number of hydrogen-bond acceptors (Lipinski definition) is 2. The van der Waals surface area contributed by atoms with E-state index in [9.17, 15) is 4.79 Å². The minimum Gasteiger partial charge on any atom is -0.355 e. The first-order valence-corrected chi connectivity index (χ1v) is 8.69. The van der Waals surface area contributed by atoms with E-state index in [2.05, 4.69) is 43.4 Å². The predicted octanol–water partition coefficient (Wildman–Crippen LogP) is 4.15. The third-order valence-corrected chi connectivity index (χ3v) is 4.91. The molecule has 1 unspecified atom stereocenters. The zero-order valence-corrected chi connectivity index (χ0v) is 14.0. The molecule has 2 aromatic rings. The van der Waals surface area contributed by atoms with Gasteiger partial charge in [-0.25, -0.2) is 0 Å². The predicted molar refractivity (Wildman–Crippen MR) is 95.2 cm³/mol. The summed E-state index contributed by atoms with van der Waals surface area (Å²) in [5, 5.41) is 3.34. The van der Waals surface area contributed by atoms with Crippen LogP contribution in [0.1, 0.15) is 28.9 Å². The third-order valence-electron chi connectivity index (χ3n) is 3.71. The average Bonchev–Trinajstić information content (AvgIpc) is 2.55. The maximum atomic E-state index is 11.9. The molecule has 0 radical (unpaired) electrons. The van der Waals surface area contributed by atoms with Gasteiger partial charge < -0.3 is 5.32 Å². The van der Waals surface area contributed by atoms with Crippen LogP contribution in [0.15, 0.2) is 54.6 Å². The highest BCUT2D eigenvalue weighted by Crippen LogP contribution is 2.27. The number of aryl methyl sites for hydroxylation is 1. The van der Waals surface area contributed by atoms with Crippen LogP contribution in [-0.4, -0.2) is 18.2 Å². The van der Waals surface area contributed by atoms with Crippen molar-refractivity contribution in [1.82, 2.24) is 5.32 Å². The lowest BCUT2D eigenvalue weighted by molar-refractivity contribution is -0.118. The average molecular weight is 313 g/mol. The van der Waals surface area contributed by atoms with E-state index < -0.39 is 0 Å². The van der Waals surface area contributed by atoms with Crippen LogP contribution in [0.4, 0.5) is 0 Å². The lowest BCUT2D eigenvalue weighted by atomic mass is 10.1. The summed E-state index contributed by atoms with van der Waals surface area (Å²) in [7, 11) is 0. The molecule has 0 spiro atoms. The van der Waals surface area contributed by atoms with Gasteiger partial charge in [0.05, 0.1) is 5.75 Å². The van der Waals surface area contributed by atoms with Crippen LogP contribution < -0.4 is 5.32 Å². The van der Waals surface area contributed by atoms with E-state index in [1.54, 1.807) is 11.8 Å². The Morgan fingerprint density at radius 1 is 1.09 bits per heavy atom. The molecule has 0 aliphatic heterocycles. The molecule has 2 nitrogen and oxygen atoms in total. The van der Waals surface area contributed by atoms with E-state index in [-0.39, 0.29) is 5.91 Å². The first-order chi connectivity index (χ1) is 10.7. The van der Waals surface area contributed by atoms with Crippen LogP contribution in [0.5, 0.6) is 0 Å². The van der Waals surface area contributed by atoms with Crippen molar-refractivity contribution in [3.05, 3.63) is 71.3 Å². The SMILES string of the molecule is Cc1ccccc1CCNC(=O)CSC(C)c1ccccc1. The van der Waals surface area contributed by atoms with E-state index in [4.69, 9.17) is 0 Å². The molecular formula is C19H23NOS. The first-order valence-electron chi connectivity index (χ1n) is 7.64. The van der Waals surface area contributed by atoms with E-state index in [1.807, 2.05) is 30.3 Å². The van der Waals surface area contributed by atoms with Crippen LogP contribution in [0.2, 0.25) is 0 Å². The molecule has 1 amide bonds. The van der Waals surface area contributed by atoms with Crippen LogP contribution in [0.3, 0.4) is 0 Å². The highest BCUT2D eigenvalue weighted by molar-refractivity contribution is 8.00. The minimum absolute atomic E-state index is 0.112. The second kappa shape index (κ2) is 8.64. The van der Waals surface area contributed by atoms with Gasteiger partial charge in [-0.1, -0.05) is 54.6 Å². The summed E-state index contributed by atoms with van der Waals surface area (Å²) in [6, 6.07) is 18.6. The third kappa shape index (κ3) is 5.23. The van der Waals surface area contributed by atoms with Gasteiger partial charge >= 0.3 is 0 Å². The highest BCUT2D eigenvalue weighted by Gasteiger charge is 2.08. The van der Waals surface area contributed by atoms with Gasteiger partial charge in [-0.3, -0.25) is 4.79 Å². The van der Waals surface area contributed by atoms with Gasteiger partial charge in [0.2, 0.25) is 5.91 Å². The Morgan fingerprint density at radius 2 is 1.77 bits per heavy atom. The van der Waals surface area contributed by atoms with E-state index >= 15 is 0 Å².